The van der Waals surface area contributed by atoms with Crippen molar-refractivity contribution in [2.75, 3.05) is 11.9 Å². The molecule has 1 spiro atoms. The summed E-state index contributed by atoms with van der Waals surface area (Å²) in [5, 5.41) is 4.81. The number of rotatable bonds is 4. The van der Waals surface area contributed by atoms with E-state index in [-0.39, 0.29) is 23.2 Å². The van der Waals surface area contributed by atoms with Crippen LogP contribution in [-0.4, -0.2) is 24.5 Å². The molecule has 0 saturated heterocycles. The maximum Gasteiger partial charge on any atom is 0.405 e. The Morgan fingerprint density at radius 1 is 1.04 bits per heavy atom. The minimum absolute atomic E-state index is 0.0976. The van der Waals surface area contributed by atoms with Gasteiger partial charge in [-0.15, -0.1) is 0 Å². The third-order valence-electron chi connectivity index (χ3n) is 6.02. The summed E-state index contributed by atoms with van der Waals surface area (Å²) in [6.07, 6.45) is 1.21. The van der Waals surface area contributed by atoms with Crippen molar-refractivity contribution in [3.63, 3.8) is 0 Å². The molecule has 0 heterocycles. The molecular weight excluding hydrogens is 425 g/mol. The third-order valence-corrected chi connectivity index (χ3v) is 6.55. The zero-order valence-electron chi connectivity index (χ0n) is 14.2. The van der Waals surface area contributed by atoms with Gasteiger partial charge in [0.2, 0.25) is 11.8 Å². The zero-order valence-corrected chi connectivity index (χ0v) is 15.8. The smallest absolute Gasteiger partial charge is 0.347 e. The second-order valence-corrected chi connectivity index (χ2v) is 8.47. The molecule has 0 aromatic heterocycles. The van der Waals surface area contributed by atoms with E-state index in [9.17, 15) is 22.8 Å². The van der Waals surface area contributed by atoms with E-state index in [1.165, 1.54) is 0 Å². The standard InChI is InChI=1S/C19H18BrF3N2O2/c20-10-1-3-11(4-2-10)25-17(27)15-13-6-5-12(18(13)7-8-18)14(15)16(26)24-9-19(21,22)23/h1-6,12-15H,7-9H2,(H,24,26)(H,25,27)/t12-,13+,14-,15-/m1/s1. The lowest BCUT2D eigenvalue weighted by Gasteiger charge is -2.26. The molecule has 2 saturated carbocycles. The Balaban J connectivity index is 1.55. The highest BCUT2D eigenvalue weighted by Gasteiger charge is 2.69. The Kier molecular flexibility index (Phi) is 4.36. The minimum atomic E-state index is -4.48. The summed E-state index contributed by atoms with van der Waals surface area (Å²) in [7, 11) is 0. The van der Waals surface area contributed by atoms with Crippen LogP contribution in [-0.2, 0) is 9.59 Å². The second kappa shape index (κ2) is 6.36. The lowest BCUT2D eigenvalue weighted by atomic mass is 9.81. The van der Waals surface area contributed by atoms with Gasteiger partial charge in [-0.05, 0) is 54.4 Å². The quantitative estimate of drug-likeness (QED) is 0.694. The molecule has 0 aliphatic heterocycles. The molecule has 0 radical (unpaired) electrons. The lowest BCUT2D eigenvalue weighted by Crippen LogP contribution is -2.44. The SMILES string of the molecule is O=C(NCC(F)(F)F)[C@H]1[C@H](C(=O)Nc2ccc(Br)cc2)[C@@H]2C=C[C@H]1C21CC1. The Morgan fingerprint density at radius 2 is 1.59 bits per heavy atom. The predicted octanol–water partition coefficient (Wildman–Crippen LogP) is 3.89. The second-order valence-electron chi connectivity index (χ2n) is 7.55. The molecule has 4 nitrogen and oxygen atoms in total. The fraction of sp³-hybridized carbons (Fsp3) is 0.474. The van der Waals surface area contributed by atoms with E-state index >= 15 is 0 Å². The molecule has 27 heavy (non-hydrogen) atoms. The van der Waals surface area contributed by atoms with Gasteiger partial charge in [0.1, 0.15) is 6.54 Å². The van der Waals surface area contributed by atoms with Crippen molar-refractivity contribution in [3.05, 3.63) is 40.9 Å². The predicted molar refractivity (Wildman–Crippen MR) is 96.6 cm³/mol. The van der Waals surface area contributed by atoms with Gasteiger partial charge in [-0.25, -0.2) is 0 Å². The van der Waals surface area contributed by atoms with E-state index in [2.05, 4.69) is 21.2 Å². The molecule has 2 bridgehead atoms. The van der Waals surface area contributed by atoms with Gasteiger partial charge in [0, 0.05) is 10.2 Å². The van der Waals surface area contributed by atoms with E-state index in [0.717, 1.165) is 17.3 Å². The first-order valence-electron chi connectivity index (χ1n) is 8.80. The lowest BCUT2D eigenvalue weighted by molar-refractivity contribution is -0.143. The van der Waals surface area contributed by atoms with Crippen LogP contribution < -0.4 is 10.6 Å². The van der Waals surface area contributed by atoms with Gasteiger partial charge in [0.15, 0.2) is 0 Å². The fourth-order valence-electron chi connectivity index (χ4n) is 4.77. The summed E-state index contributed by atoms with van der Waals surface area (Å²) in [5.41, 5.74) is 0.469. The number of halogens is 4. The van der Waals surface area contributed by atoms with Gasteiger partial charge in [-0.1, -0.05) is 28.1 Å². The van der Waals surface area contributed by atoms with Gasteiger partial charge in [0.05, 0.1) is 11.8 Å². The Bertz CT molecular complexity index is 802. The molecule has 144 valence electrons. The topological polar surface area (TPSA) is 58.2 Å². The Hall–Kier alpha value is -1.83. The van der Waals surface area contributed by atoms with Crippen LogP contribution in [0.15, 0.2) is 40.9 Å². The molecule has 3 aliphatic carbocycles. The van der Waals surface area contributed by atoms with Crippen LogP contribution in [0.3, 0.4) is 0 Å². The molecule has 2 N–H and O–H groups in total. The molecule has 4 atom stereocenters. The van der Waals surface area contributed by atoms with Gasteiger partial charge in [-0.3, -0.25) is 9.59 Å². The monoisotopic (exact) mass is 442 g/mol. The van der Waals surface area contributed by atoms with Gasteiger partial charge in [0.25, 0.3) is 0 Å². The summed E-state index contributed by atoms with van der Waals surface area (Å²) >= 11 is 3.32. The summed E-state index contributed by atoms with van der Waals surface area (Å²) in [6, 6.07) is 7.03. The molecule has 1 aromatic carbocycles. The summed E-state index contributed by atoms with van der Waals surface area (Å²) in [5.74, 6) is -2.69. The number of hydrogen-bond acceptors (Lipinski definition) is 2. The first-order chi connectivity index (χ1) is 12.7. The van der Waals surface area contributed by atoms with Gasteiger partial charge >= 0.3 is 6.18 Å². The van der Waals surface area contributed by atoms with Crippen molar-refractivity contribution < 1.29 is 22.8 Å². The molecule has 0 unspecified atom stereocenters. The number of allylic oxidation sites excluding steroid dienone is 2. The van der Waals surface area contributed by atoms with Crippen LogP contribution in [0.4, 0.5) is 18.9 Å². The Morgan fingerprint density at radius 3 is 2.11 bits per heavy atom. The maximum atomic E-state index is 13.0. The number of carbonyl (C=O) groups is 2. The molecule has 3 aliphatic rings. The molecular formula is C19H18BrF3N2O2. The number of benzene rings is 1. The van der Waals surface area contributed by atoms with E-state index in [1.807, 2.05) is 17.5 Å². The van der Waals surface area contributed by atoms with Crippen molar-refractivity contribution in [1.82, 2.24) is 5.32 Å². The normalized spacial score (nSPS) is 29.8. The van der Waals surface area contributed by atoms with Gasteiger partial charge in [-0.2, -0.15) is 13.2 Å². The van der Waals surface area contributed by atoms with E-state index in [0.29, 0.717) is 5.69 Å². The highest BCUT2D eigenvalue weighted by atomic mass is 79.9. The number of alkyl halides is 3. The van der Waals surface area contributed by atoms with Crippen LogP contribution in [0, 0.1) is 29.1 Å². The third kappa shape index (κ3) is 3.28. The summed E-state index contributed by atoms with van der Waals surface area (Å²) < 4.78 is 38.4. The maximum absolute atomic E-state index is 13.0. The number of anilines is 1. The first-order valence-corrected chi connectivity index (χ1v) is 9.60. The Labute approximate surface area is 162 Å². The number of hydrogen-bond donors (Lipinski definition) is 2. The van der Waals surface area contributed by atoms with Crippen molar-refractivity contribution in [2.45, 2.75) is 19.0 Å². The first kappa shape index (κ1) is 18.5. The fourth-order valence-corrected chi connectivity index (χ4v) is 5.04. The van der Waals surface area contributed by atoms with Crippen LogP contribution in [0.25, 0.3) is 0 Å². The molecule has 4 rings (SSSR count). The molecule has 1 aromatic rings. The number of amides is 2. The van der Waals surface area contributed by atoms with Crippen molar-refractivity contribution in [2.24, 2.45) is 29.1 Å². The van der Waals surface area contributed by atoms with Crippen LogP contribution in [0.5, 0.6) is 0 Å². The molecule has 8 heteroatoms. The van der Waals surface area contributed by atoms with Crippen LogP contribution in [0.2, 0.25) is 0 Å². The van der Waals surface area contributed by atoms with E-state index in [1.54, 1.807) is 24.3 Å². The largest absolute Gasteiger partial charge is 0.405 e. The summed E-state index contributed by atoms with van der Waals surface area (Å²) in [4.78, 5) is 25.5. The van der Waals surface area contributed by atoms with Gasteiger partial charge < -0.3 is 10.6 Å². The number of carbonyl (C=O) groups excluding carboxylic acids is 2. The van der Waals surface area contributed by atoms with Crippen molar-refractivity contribution in [3.8, 4) is 0 Å². The average Bonchev–Trinajstić information content (AvgIpc) is 3.27. The molecule has 2 amide bonds. The van der Waals surface area contributed by atoms with Crippen molar-refractivity contribution >= 4 is 33.4 Å². The zero-order chi connectivity index (χ0) is 19.4. The van der Waals surface area contributed by atoms with Crippen molar-refractivity contribution in [1.29, 1.82) is 0 Å². The van der Waals surface area contributed by atoms with Crippen LogP contribution in [0.1, 0.15) is 12.8 Å². The highest BCUT2D eigenvalue weighted by Crippen LogP contribution is 2.72. The highest BCUT2D eigenvalue weighted by molar-refractivity contribution is 9.10. The summed E-state index contributed by atoms with van der Waals surface area (Å²) in [6.45, 7) is -1.38. The minimum Gasteiger partial charge on any atom is -0.347 e. The number of nitrogens with one attached hydrogen (secondary N) is 2. The average molecular weight is 443 g/mol. The van der Waals surface area contributed by atoms with E-state index in [4.69, 9.17) is 0 Å². The molecule has 2 fully saturated rings. The van der Waals surface area contributed by atoms with Crippen LogP contribution >= 0.6 is 15.9 Å². The van der Waals surface area contributed by atoms with E-state index < -0.39 is 30.5 Å².